The van der Waals surface area contributed by atoms with Crippen molar-refractivity contribution in [2.75, 3.05) is 11.1 Å². The minimum absolute atomic E-state index is 0.102. The van der Waals surface area contributed by atoms with Gasteiger partial charge < -0.3 is 5.32 Å². The van der Waals surface area contributed by atoms with Gasteiger partial charge in [-0.15, -0.1) is 5.10 Å². The predicted molar refractivity (Wildman–Crippen MR) is 125 cm³/mol. The number of aryl methyl sites for hydroxylation is 3. The van der Waals surface area contributed by atoms with Crippen LogP contribution in [0.25, 0.3) is 5.78 Å². The van der Waals surface area contributed by atoms with Crippen molar-refractivity contribution in [3.05, 3.63) is 81.6 Å². The topological polar surface area (TPSA) is 72.2 Å². The minimum Gasteiger partial charge on any atom is -0.325 e. The number of halogens is 1. The Morgan fingerprint density at radius 3 is 2.61 bits per heavy atom. The van der Waals surface area contributed by atoms with Crippen LogP contribution in [0.3, 0.4) is 0 Å². The van der Waals surface area contributed by atoms with E-state index in [1.165, 1.54) is 11.8 Å². The third kappa shape index (κ3) is 5.06. The smallest absolute Gasteiger partial charge is 0.253 e. The number of amides is 1. The minimum atomic E-state index is -0.102. The van der Waals surface area contributed by atoms with Crippen molar-refractivity contribution in [3.63, 3.8) is 0 Å². The van der Waals surface area contributed by atoms with Crippen LogP contribution < -0.4 is 5.32 Å². The van der Waals surface area contributed by atoms with Gasteiger partial charge in [-0.2, -0.15) is 4.98 Å². The number of rotatable bonds is 6. The first-order chi connectivity index (χ1) is 14.9. The standard InChI is InChI=1S/C23H22ClN5OS/c1-14-7-9-19(10-8-14)26-21(30)13-31-23-27-22-25-15(2)20(16(3)29(22)28-23)12-17-5-4-6-18(24)11-17/h4-11H,12-13H2,1-3H3,(H,26,30). The Hall–Kier alpha value is -2.90. The van der Waals surface area contributed by atoms with Crippen LogP contribution in [-0.4, -0.2) is 31.2 Å². The van der Waals surface area contributed by atoms with Crippen LogP contribution in [0, 0.1) is 20.8 Å². The molecule has 0 aliphatic carbocycles. The van der Waals surface area contributed by atoms with Crippen LogP contribution in [0.2, 0.25) is 5.02 Å². The van der Waals surface area contributed by atoms with Crippen molar-refractivity contribution in [1.29, 1.82) is 0 Å². The maximum absolute atomic E-state index is 12.3. The molecule has 0 fully saturated rings. The highest BCUT2D eigenvalue weighted by atomic mass is 35.5. The normalized spacial score (nSPS) is 11.1. The summed E-state index contributed by atoms with van der Waals surface area (Å²) < 4.78 is 1.74. The van der Waals surface area contributed by atoms with E-state index < -0.39 is 0 Å². The molecule has 4 rings (SSSR count). The number of thioether (sulfide) groups is 1. The van der Waals surface area contributed by atoms with Gasteiger partial charge in [-0.05, 0) is 56.2 Å². The first-order valence-corrected chi connectivity index (χ1v) is 11.2. The lowest BCUT2D eigenvalue weighted by Crippen LogP contribution is -2.14. The van der Waals surface area contributed by atoms with E-state index in [9.17, 15) is 4.79 Å². The Bertz CT molecular complexity index is 1250. The predicted octanol–water partition coefficient (Wildman–Crippen LogP) is 5.02. The third-order valence-electron chi connectivity index (χ3n) is 4.97. The van der Waals surface area contributed by atoms with Gasteiger partial charge in [-0.25, -0.2) is 9.50 Å². The molecule has 158 valence electrons. The van der Waals surface area contributed by atoms with Crippen molar-refractivity contribution in [2.45, 2.75) is 32.3 Å². The van der Waals surface area contributed by atoms with Gasteiger partial charge in [0.1, 0.15) is 0 Å². The van der Waals surface area contributed by atoms with Crippen LogP contribution in [0.1, 0.15) is 28.1 Å². The first kappa shape index (κ1) is 21.3. The molecular weight excluding hydrogens is 430 g/mol. The molecule has 0 atom stereocenters. The Labute approximate surface area is 190 Å². The molecule has 1 amide bonds. The average Bonchev–Trinajstić information content (AvgIpc) is 3.14. The van der Waals surface area contributed by atoms with Crippen LogP contribution in [0.4, 0.5) is 5.69 Å². The third-order valence-corrected chi connectivity index (χ3v) is 6.04. The lowest BCUT2D eigenvalue weighted by Gasteiger charge is -2.10. The molecule has 2 aromatic heterocycles. The van der Waals surface area contributed by atoms with E-state index in [2.05, 4.69) is 20.4 Å². The molecule has 8 heteroatoms. The number of hydrogen-bond acceptors (Lipinski definition) is 5. The number of nitrogens with one attached hydrogen (secondary N) is 1. The van der Waals surface area contributed by atoms with Crippen LogP contribution in [0.5, 0.6) is 0 Å². The fraction of sp³-hybridized carbons (Fsp3) is 0.217. The van der Waals surface area contributed by atoms with Gasteiger partial charge in [0.25, 0.3) is 5.78 Å². The van der Waals surface area contributed by atoms with E-state index in [0.29, 0.717) is 22.4 Å². The maximum atomic E-state index is 12.3. The quantitative estimate of drug-likeness (QED) is 0.416. The average molecular weight is 452 g/mol. The van der Waals surface area contributed by atoms with Crippen molar-refractivity contribution in [1.82, 2.24) is 19.6 Å². The fourth-order valence-electron chi connectivity index (χ4n) is 3.32. The Balaban J connectivity index is 1.49. The molecule has 4 aromatic rings. The van der Waals surface area contributed by atoms with Gasteiger partial charge in [-0.3, -0.25) is 4.79 Å². The molecule has 0 saturated carbocycles. The molecule has 0 bridgehead atoms. The SMILES string of the molecule is Cc1ccc(NC(=O)CSc2nc3nc(C)c(Cc4cccc(Cl)c4)c(C)n3n2)cc1. The summed E-state index contributed by atoms with van der Waals surface area (Å²) in [5.41, 5.74) is 6.01. The van der Waals surface area contributed by atoms with E-state index in [1.807, 2.05) is 69.3 Å². The Kier molecular flexibility index (Phi) is 6.25. The first-order valence-electron chi connectivity index (χ1n) is 9.85. The zero-order valence-electron chi connectivity index (χ0n) is 17.5. The van der Waals surface area contributed by atoms with Crippen molar-refractivity contribution < 1.29 is 4.79 Å². The highest BCUT2D eigenvalue weighted by Crippen LogP contribution is 2.22. The molecule has 0 aliphatic rings. The maximum Gasteiger partial charge on any atom is 0.253 e. The summed E-state index contributed by atoms with van der Waals surface area (Å²) in [6.45, 7) is 5.99. The van der Waals surface area contributed by atoms with E-state index in [4.69, 9.17) is 11.6 Å². The molecule has 1 N–H and O–H groups in total. The Morgan fingerprint density at radius 1 is 1.10 bits per heavy atom. The van der Waals surface area contributed by atoms with Crippen molar-refractivity contribution >= 4 is 40.7 Å². The van der Waals surface area contributed by atoms with Gasteiger partial charge >= 0.3 is 0 Å². The molecule has 0 spiro atoms. The van der Waals surface area contributed by atoms with Crippen LogP contribution in [0.15, 0.2) is 53.7 Å². The molecule has 0 saturated heterocycles. The summed E-state index contributed by atoms with van der Waals surface area (Å²) in [6.07, 6.45) is 0.711. The lowest BCUT2D eigenvalue weighted by molar-refractivity contribution is -0.113. The number of anilines is 1. The van der Waals surface area contributed by atoms with E-state index in [1.54, 1.807) is 4.52 Å². The number of aromatic nitrogens is 4. The molecule has 0 unspecified atom stereocenters. The summed E-state index contributed by atoms with van der Waals surface area (Å²) in [7, 11) is 0. The summed E-state index contributed by atoms with van der Waals surface area (Å²) in [5, 5.41) is 8.69. The fourth-order valence-corrected chi connectivity index (χ4v) is 4.15. The molecule has 0 aliphatic heterocycles. The zero-order valence-corrected chi connectivity index (χ0v) is 19.1. The molecular formula is C23H22ClN5OS. The van der Waals surface area contributed by atoms with Crippen LogP contribution >= 0.6 is 23.4 Å². The second kappa shape index (κ2) is 9.08. The number of carbonyl (C=O) groups is 1. The van der Waals surface area contributed by atoms with Gasteiger partial charge in [0, 0.05) is 28.5 Å². The van der Waals surface area contributed by atoms with Gasteiger partial charge in [0.15, 0.2) is 0 Å². The van der Waals surface area contributed by atoms with Gasteiger partial charge in [-0.1, -0.05) is 53.2 Å². The lowest BCUT2D eigenvalue weighted by atomic mass is 10.0. The van der Waals surface area contributed by atoms with E-state index >= 15 is 0 Å². The second-order valence-electron chi connectivity index (χ2n) is 7.38. The molecule has 31 heavy (non-hydrogen) atoms. The van der Waals surface area contributed by atoms with E-state index in [0.717, 1.165) is 33.8 Å². The monoisotopic (exact) mass is 451 g/mol. The second-order valence-corrected chi connectivity index (χ2v) is 8.76. The van der Waals surface area contributed by atoms with E-state index in [-0.39, 0.29) is 11.7 Å². The Morgan fingerprint density at radius 2 is 1.87 bits per heavy atom. The van der Waals surface area contributed by atoms with Gasteiger partial charge in [0.2, 0.25) is 11.1 Å². The number of benzene rings is 2. The highest BCUT2D eigenvalue weighted by molar-refractivity contribution is 7.99. The molecule has 2 heterocycles. The number of fused-ring (bicyclic) bond motifs is 1. The van der Waals surface area contributed by atoms with Gasteiger partial charge in [0.05, 0.1) is 5.75 Å². The number of hydrogen-bond donors (Lipinski definition) is 1. The highest BCUT2D eigenvalue weighted by Gasteiger charge is 2.15. The van der Waals surface area contributed by atoms with Crippen molar-refractivity contribution in [3.8, 4) is 0 Å². The summed E-state index contributed by atoms with van der Waals surface area (Å²) >= 11 is 7.42. The summed E-state index contributed by atoms with van der Waals surface area (Å²) in [4.78, 5) is 21.4. The molecule has 0 radical (unpaired) electrons. The molecule has 6 nitrogen and oxygen atoms in total. The van der Waals surface area contributed by atoms with Crippen LogP contribution in [-0.2, 0) is 11.2 Å². The zero-order chi connectivity index (χ0) is 22.0. The van der Waals surface area contributed by atoms with Crippen molar-refractivity contribution in [2.24, 2.45) is 0 Å². The summed E-state index contributed by atoms with van der Waals surface area (Å²) in [6, 6.07) is 15.5. The largest absolute Gasteiger partial charge is 0.325 e. The molecule has 2 aromatic carbocycles. The number of nitrogens with zero attached hydrogens (tertiary/aromatic N) is 4. The summed E-state index contributed by atoms with van der Waals surface area (Å²) in [5.74, 6) is 0.652. The number of carbonyl (C=O) groups excluding carboxylic acids is 1.